The van der Waals surface area contributed by atoms with Gasteiger partial charge in [-0.15, -0.1) is 0 Å². The zero-order valence-electron chi connectivity index (χ0n) is 17.1. The van der Waals surface area contributed by atoms with E-state index in [1.807, 2.05) is 12.1 Å². The number of anilines is 2. The second kappa shape index (κ2) is 11.5. The van der Waals surface area contributed by atoms with E-state index in [-0.39, 0.29) is 24.5 Å². The summed E-state index contributed by atoms with van der Waals surface area (Å²) in [5.41, 5.74) is 13.8. The van der Waals surface area contributed by atoms with Crippen LogP contribution >= 0.6 is 0 Å². The van der Waals surface area contributed by atoms with Crippen LogP contribution in [0, 0.1) is 11.3 Å². The normalized spacial score (nSPS) is 11.0. The summed E-state index contributed by atoms with van der Waals surface area (Å²) in [6.45, 7) is 7.95. The number of hydrogen-bond donors (Lipinski definition) is 3. The average Bonchev–Trinajstić information content (AvgIpc) is 2.75. The number of ether oxygens (including phenoxy) is 3. The molecule has 0 bridgehead atoms. The third kappa shape index (κ3) is 6.32. The Balaban J connectivity index is 0.000000633. The average molecular weight is 480 g/mol. The molecule has 5 N–H and O–H groups in total. The van der Waals surface area contributed by atoms with Crippen molar-refractivity contribution in [2.75, 3.05) is 24.7 Å². The van der Waals surface area contributed by atoms with Crippen molar-refractivity contribution in [2.24, 2.45) is 0 Å². The number of nitrogens with zero attached hydrogens (tertiary/aromatic N) is 2. The summed E-state index contributed by atoms with van der Waals surface area (Å²) in [5, 5.41) is 16.3. The molecular weight excluding hydrogens is 457 g/mol. The molecule has 1 aromatic heterocycles. The van der Waals surface area contributed by atoms with Crippen LogP contribution in [0.3, 0.4) is 0 Å². The van der Waals surface area contributed by atoms with Gasteiger partial charge in [0.05, 0.1) is 5.69 Å². The van der Waals surface area contributed by atoms with Gasteiger partial charge in [0.1, 0.15) is 36.4 Å². The fourth-order valence-corrected chi connectivity index (χ4v) is 2.64. The monoisotopic (exact) mass is 480 g/mol. The number of carbonyl (C=O) groups is 1. The Kier molecular flexibility index (Phi) is 9.31. The van der Waals surface area contributed by atoms with E-state index in [1.165, 1.54) is 0 Å². The number of aliphatic carboxylic acids is 1. The van der Waals surface area contributed by atoms with E-state index in [1.54, 1.807) is 18.2 Å². The fraction of sp³-hybridized carbons (Fsp3) is 0.227. The Morgan fingerprint density at radius 2 is 1.76 bits per heavy atom. The van der Waals surface area contributed by atoms with Crippen LogP contribution in [0.1, 0.15) is 24.1 Å². The molecule has 3 rings (SSSR count). The number of carboxylic acid groups (broad SMARTS) is 1. The maximum Gasteiger partial charge on any atom is 0.490 e. The van der Waals surface area contributed by atoms with E-state index < -0.39 is 12.1 Å². The number of rotatable bonds is 6. The van der Waals surface area contributed by atoms with Crippen molar-refractivity contribution in [1.82, 2.24) is 4.98 Å². The highest BCUT2D eigenvalue weighted by atomic mass is 19.4. The van der Waals surface area contributed by atoms with Crippen molar-refractivity contribution in [3.05, 3.63) is 54.1 Å². The smallest absolute Gasteiger partial charge is 0.486 e. The van der Waals surface area contributed by atoms with Crippen LogP contribution in [-0.2, 0) is 11.2 Å². The molecule has 0 saturated carbocycles. The van der Waals surface area contributed by atoms with Crippen molar-refractivity contribution < 1.29 is 37.3 Å². The van der Waals surface area contributed by atoms with Crippen LogP contribution in [0.5, 0.6) is 23.1 Å². The highest BCUT2D eigenvalue weighted by Gasteiger charge is 2.38. The molecule has 0 saturated heterocycles. The minimum atomic E-state index is -5.08. The summed E-state index contributed by atoms with van der Waals surface area (Å²) in [7, 11) is 0. The van der Waals surface area contributed by atoms with Crippen LogP contribution in [0.25, 0.3) is 0 Å². The molecule has 0 unspecified atom stereocenters. The van der Waals surface area contributed by atoms with E-state index in [2.05, 4.69) is 18.1 Å². The first kappa shape index (κ1) is 27.6. The molecule has 0 radical (unpaired) electrons. The third-order valence-corrected chi connectivity index (χ3v) is 4.10. The van der Waals surface area contributed by atoms with Crippen molar-refractivity contribution in [1.29, 1.82) is 5.26 Å². The second-order valence-corrected chi connectivity index (χ2v) is 6.37. The summed E-state index contributed by atoms with van der Waals surface area (Å²) in [4.78, 5) is 13.1. The van der Waals surface area contributed by atoms with Gasteiger partial charge in [0, 0.05) is 23.6 Å². The van der Waals surface area contributed by atoms with Crippen molar-refractivity contribution >= 4 is 17.5 Å². The molecule has 2 heterocycles. The quantitative estimate of drug-likeness (QED) is 0.440. The molecule has 0 fully saturated rings. The number of carboxylic acids is 1. The number of halogens is 3. The van der Waals surface area contributed by atoms with Gasteiger partial charge in [-0.2, -0.15) is 23.4 Å². The molecular formula is C22H23F3N4O5. The van der Waals surface area contributed by atoms with Crippen molar-refractivity contribution in [2.45, 2.75) is 20.0 Å². The maximum absolute atomic E-state index is 10.6. The molecule has 0 amide bonds. The van der Waals surface area contributed by atoms with Crippen molar-refractivity contribution in [3.63, 3.8) is 0 Å². The molecule has 182 valence electrons. The fourth-order valence-electron chi connectivity index (χ4n) is 2.64. The number of aromatic nitrogens is 1. The molecule has 0 atom stereocenters. The van der Waals surface area contributed by atoms with E-state index >= 15 is 0 Å². The number of pyridine rings is 1. The minimum absolute atomic E-state index is 0. The molecule has 9 nitrogen and oxygen atoms in total. The number of fused-ring (bicyclic) bond motifs is 2. The summed E-state index contributed by atoms with van der Waals surface area (Å²) in [6.07, 6.45) is -1.36. The largest absolute Gasteiger partial charge is 0.490 e. The molecule has 1 aromatic carbocycles. The standard InChI is InChI=1S/C19H18N4O3.C2HF3O2.CH4/c1-3-5-24-15-8-11-7-12-17(21)13(10-20)18(22)23-19(12)26-14(11)9-16(15)25-6-4-2;3-2(4,5)1(6)7;/h3-4,8-9H,1-2,5-7H2,(H4,21,22,23);(H,6,7);1H4. The Morgan fingerprint density at radius 1 is 1.24 bits per heavy atom. The highest BCUT2D eigenvalue weighted by molar-refractivity contribution is 5.73. The first-order valence-electron chi connectivity index (χ1n) is 9.13. The number of nitriles is 1. The first-order chi connectivity index (χ1) is 15.5. The summed E-state index contributed by atoms with van der Waals surface area (Å²) in [6, 6.07) is 5.53. The van der Waals surface area contributed by atoms with Crippen molar-refractivity contribution in [3.8, 4) is 29.2 Å². The molecule has 2 aromatic rings. The first-order valence-corrected chi connectivity index (χ1v) is 9.13. The summed E-state index contributed by atoms with van der Waals surface area (Å²) >= 11 is 0. The summed E-state index contributed by atoms with van der Waals surface area (Å²) in [5.74, 6) is -0.781. The van der Waals surface area contributed by atoms with Gasteiger partial charge < -0.3 is 30.8 Å². The van der Waals surface area contributed by atoms with Gasteiger partial charge >= 0.3 is 12.1 Å². The SMILES string of the molecule is C.C=CCOc1cc2c(cc1OCC=C)Oc1nc(N)c(C#N)c(N)c1C2.O=C(O)C(F)(F)F. The number of hydrogen-bond acceptors (Lipinski definition) is 8. The van der Waals surface area contributed by atoms with Crippen LogP contribution in [0.2, 0.25) is 0 Å². The lowest BCUT2D eigenvalue weighted by Gasteiger charge is -2.23. The van der Waals surface area contributed by atoms with Crippen LogP contribution in [0.4, 0.5) is 24.7 Å². The predicted octanol–water partition coefficient (Wildman–Crippen LogP) is 4.21. The minimum Gasteiger partial charge on any atom is -0.486 e. The molecule has 34 heavy (non-hydrogen) atoms. The van der Waals surface area contributed by atoms with Gasteiger partial charge in [-0.3, -0.25) is 0 Å². The molecule has 1 aliphatic heterocycles. The molecule has 0 aliphatic carbocycles. The number of alkyl halides is 3. The Hall–Kier alpha value is -4.40. The highest BCUT2D eigenvalue weighted by Crippen LogP contribution is 2.44. The van der Waals surface area contributed by atoms with Gasteiger partial charge in [0.2, 0.25) is 5.88 Å². The van der Waals surface area contributed by atoms with Gasteiger partial charge in [0.15, 0.2) is 11.5 Å². The van der Waals surface area contributed by atoms with E-state index in [0.29, 0.717) is 48.3 Å². The van der Waals surface area contributed by atoms with Gasteiger partial charge in [-0.1, -0.05) is 32.7 Å². The Morgan fingerprint density at radius 3 is 2.24 bits per heavy atom. The van der Waals surface area contributed by atoms with Crippen LogP contribution < -0.4 is 25.7 Å². The molecule has 12 heteroatoms. The Bertz CT molecular complexity index is 1130. The van der Waals surface area contributed by atoms with E-state index in [4.69, 9.17) is 35.6 Å². The van der Waals surface area contributed by atoms with Crippen LogP contribution in [-0.4, -0.2) is 35.4 Å². The van der Waals surface area contributed by atoms with Gasteiger partial charge in [-0.25, -0.2) is 4.79 Å². The second-order valence-electron chi connectivity index (χ2n) is 6.37. The maximum atomic E-state index is 10.6. The molecule has 0 spiro atoms. The zero-order chi connectivity index (χ0) is 24.8. The van der Waals surface area contributed by atoms with E-state index in [9.17, 15) is 18.4 Å². The van der Waals surface area contributed by atoms with Crippen LogP contribution in [0.15, 0.2) is 37.4 Å². The topological polar surface area (TPSA) is 154 Å². The lowest BCUT2D eigenvalue weighted by molar-refractivity contribution is -0.192. The zero-order valence-corrected chi connectivity index (χ0v) is 17.1. The number of nitrogen functional groups attached to an aromatic ring is 2. The third-order valence-electron chi connectivity index (χ3n) is 4.10. The molecule has 1 aliphatic rings. The van der Waals surface area contributed by atoms with Gasteiger partial charge in [-0.05, 0) is 6.07 Å². The number of nitrogens with two attached hydrogens (primary N) is 2. The Labute approximate surface area is 193 Å². The summed E-state index contributed by atoms with van der Waals surface area (Å²) < 4.78 is 48.9. The number of benzene rings is 1. The lowest BCUT2D eigenvalue weighted by atomic mass is 9.98. The lowest BCUT2D eigenvalue weighted by Crippen LogP contribution is -2.21. The van der Waals surface area contributed by atoms with E-state index in [0.717, 1.165) is 5.56 Å². The van der Waals surface area contributed by atoms with Gasteiger partial charge in [0.25, 0.3) is 0 Å². The predicted molar refractivity (Wildman–Crippen MR) is 119 cm³/mol.